The number of carbonyl (C=O) groups excluding carboxylic acids is 2. The van der Waals surface area contributed by atoms with E-state index in [2.05, 4.69) is 5.32 Å². The number of piperazine rings is 1. The standard InChI is InChI=1S/C22H26N4O5/c1-16-6-5-7-17(2)22(16)23-20(27)14-24-10-12-25(13-11-24)21(28)15-31-19-9-4-3-8-18(19)26(29)30/h3-9H,10-15H2,1-2H3,(H,23,27). The van der Waals surface area contributed by atoms with E-state index in [9.17, 15) is 19.7 Å². The highest BCUT2D eigenvalue weighted by atomic mass is 16.6. The zero-order valence-electron chi connectivity index (χ0n) is 17.7. The number of nitro groups is 1. The van der Waals surface area contributed by atoms with Crippen molar-refractivity contribution in [3.05, 3.63) is 63.7 Å². The molecule has 0 radical (unpaired) electrons. The van der Waals surface area contributed by atoms with Crippen molar-refractivity contribution >= 4 is 23.2 Å². The minimum atomic E-state index is -0.540. The second kappa shape index (κ2) is 10.0. The van der Waals surface area contributed by atoms with Gasteiger partial charge in [-0.25, -0.2) is 0 Å². The van der Waals surface area contributed by atoms with Gasteiger partial charge in [-0.1, -0.05) is 30.3 Å². The van der Waals surface area contributed by atoms with E-state index in [-0.39, 0.29) is 36.4 Å². The van der Waals surface area contributed by atoms with Crippen molar-refractivity contribution in [2.24, 2.45) is 0 Å². The second-order valence-corrected chi connectivity index (χ2v) is 7.49. The molecule has 0 aliphatic carbocycles. The predicted octanol–water partition coefficient (Wildman–Crippen LogP) is 2.37. The molecule has 1 aliphatic heterocycles. The van der Waals surface area contributed by atoms with E-state index >= 15 is 0 Å². The minimum absolute atomic E-state index is 0.0719. The third-order valence-electron chi connectivity index (χ3n) is 5.25. The quantitative estimate of drug-likeness (QED) is 0.538. The molecule has 0 bridgehead atoms. The number of anilines is 1. The molecule has 1 N–H and O–H groups in total. The van der Waals surface area contributed by atoms with Gasteiger partial charge in [-0.3, -0.25) is 24.6 Å². The molecule has 0 aromatic heterocycles. The Morgan fingerprint density at radius 2 is 1.68 bits per heavy atom. The zero-order valence-corrected chi connectivity index (χ0v) is 17.7. The third kappa shape index (κ3) is 5.79. The Kier molecular flexibility index (Phi) is 7.19. The van der Waals surface area contributed by atoms with Crippen molar-refractivity contribution < 1.29 is 19.2 Å². The first-order valence-electron chi connectivity index (χ1n) is 10.1. The number of para-hydroxylation sites is 3. The maximum Gasteiger partial charge on any atom is 0.310 e. The van der Waals surface area contributed by atoms with E-state index < -0.39 is 4.92 Å². The molecule has 0 spiro atoms. The number of aryl methyl sites for hydroxylation is 2. The van der Waals surface area contributed by atoms with Crippen molar-refractivity contribution in [2.75, 3.05) is 44.6 Å². The summed E-state index contributed by atoms with van der Waals surface area (Å²) in [5.74, 6) is -0.252. The van der Waals surface area contributed by atoms with E-state index in [1.54, 1.807) is 17.0 Å². The van der Waals surface area contributed by atoms with Crippen molar-refractivity contribution in [1.82, 2.24) is 9.80 Å². The first-order valence-corrected chi connectivity index (χ1v) is 10.1. The zero-order chi connectivity index (χ0) is 22.4. The Hall–Kier alpha value is -3.46. The van der Waals surface area contributed by atoms with Gasteiger partial charge in [0.25, 0.3) is 5.91 Å². The minimum Gasteiger partial charge on any atom is -0.477 e. The number of nitrogens with one attached hydrogen (secondary N) is 1. The summed E-state index contributed by atoms with van der Waals surface area (Å²) in [7, 11) is 0. The van der Waals surface area contributed by atoms with E-state index in [0.29, 0.717) is 26.2 Å². The molecule has 0 unspecified atom stereocenters. The molecule has 1 saturated heterocycles. The number of nitro benzene ring substituents is 1. The highest BCUT2D eigenvalue weighted by molar-refractivity contribution is 5.93. The van der Waals surface area contributed by atoms with Gasteiger partial charge in [0.05, 0.1) is 11.5 Å². The normalized spacial score (nSPS) is 14.2. The third-order valence-corrected chi connectivity index (χ3v) is 5.25. The summed E-state index contributed by atoms with van der Waals surface area (Å²) in [5.41, 5.74) is 2.70. The molecule has 3 rings (SSSR count). The van der Waals surface area contributed by atoms with Crippen molar-refractivity contribution in [1.29, 1.82) is 0 Å². The van der Waals surface area contributed by atoms with Crippen LogP contribution in [0.5, 0.6) is 5.75 Å². The number of rotatable bonds is 7. The monoisotopic (exact) mass is 426 g/mol. The molecule has 1 fully saturated rings. The maximum atomic E-state index is 12.4. The van der Waals surface area contributed by atoms with Gasteiger partial charge >= 0.3 is 5.69 Å². The summed E-state index contributed by atoms with van der Waals surface area (Å²) >= 11 is 0. The number of hydrogen-bond donors (Lipinski definition) is 1. The van der Waals surface area contributed by atoms with Crippen LogP contribution in [-0.4, -0.2) is 65.9 Å². The summed E-state index contributed by atoms with van der Waals surface area (Å²) in [6.07, 6.45) is 0. The van der Waals surface area contributed by atoms with Crippen LogP contribution in [-0.2, 0) is 9.59 Å². The smallest absolute Gasteiger partial charge is 0.310 e. The molecule has 1 aliphatic rings. The molecule has 2 amide bonds. The molecule has 2 aromatic rings. The van der Waals surface area contributed by atoms with E-state index in [1.165, 1.54) is 12.1 Å². The summed E-state index contributed by atoms with van der Waals surface area (Å²) in [6, 6.07) is 11.8. The highest BCUT2D eigenvalue weighted by Gasteiger charge is 2.24. The van der Waals surface area contributed by atoms with Crippen LogP contribution in [0.2, 0.25) is 0 Å². The van der Waals surface area contributed by atoms with Crippen LogP contribution in [0.3, 0.4) is 0 Å². The summed E-state index contributed by atoms with van der Waals surface area (Å²) in [4.78, 5) is 39.0. The molecule has 0 saturated carbocycles. The fraction of sp³-hybridized carbons (Fsp3) is 0.364. The lowest BCUT2D eigenvalue weighted by atomic mass is 10.1. The number of ether oxygens (including phenoxy) is 1. The summed E-state index contributed by atoms with van der Waals surface area (Å²) < 4.78 is 5.38. The van der Waals surface area contributed by atoms with Gasteiger partial charge < -0.3 is 15.0 Å². The van der Waals surface area contributed by atoms with Crippen LogP contribution in [0, 0.1) is 24.0 Å². The van der Waals surface area contributed by atoms with Gasteiger partial charge in [-0.2, -0.15) is 0 Å². The number of benzene rings is 2. The van der Waals surface area contributed by atoms with Crippen LogP contribution in [0.4, 0.5) is 11.4 Å². The number of nitrogens with zero attached hydrogens (tertiary/aromatic N) is 3. The molecule has 0 atom stereocenters. The fourth-order valence-electron chi connectivity index (χ4n) is 3.51. The van der Waals surface area contributed by atoms with Gasteiger partial charge in [0.15, 0.2) is 12.4 Å². The molecule has 2 aromatic carbocycles. The van der Waals surface area contributed by atoms with Gasteiger partial charge in [0.1, 0.15) is 0 Å². The van der Waals surface area contributed by atoms with Crippen LogP contribution < -0.4 is 10.1 Å². The Labute approximate surface area is 180 Å². The van der Waals surface area contributed by atoms with E-state index in [4.69, 9.17) is 4.74 Å². The Morgan fingerprint density at radius 3 is 2.32 bits per heavy atom. The SMILES string of the molecule is Cc1cccc(C)c1NC(=O)CN1CCN(C(=O)COc2ccccc2[N+](=O)[O-])CC1. The van der Waals surface area contributed by atoms with Crippen molar-refractivity contribution in [3.63, 3.8) is 0 Å². The fourth-order valence-corrected chi connectivity index (χ4v) is 3.51. The van der Waals surface area contributed by atoms with Crippen molar-refractivity contribution in [3.8, 4) is 5.75 Å². The topological polar surface area (TPSA) is 105 Å². The molecular formula is C22H26N4O5. The van der Waals surface area contributed by atoms with Gasteiger partial charge in [-0.15, -0.1) is 0 Å². The molecule has 1 heterocycles. The summed E-state index contributed by atoms with van der Waals surface area (Å²) in [5, 5.41) is 14.0. The maximum absolute atomic E-state index is 12.4. The van der Waals surface area contributed by atoms with Gasteiger partial charge in [-0.05, 0) is 31.0 Å². The lowest BCUT2D eigenvalue weighted by Gasteiger charge is -2.34. The molecular weight excluding hydrogens is 400 g/mol. The van der Waals surface area contributed by atoms with Crippen LogP contribution in [0.25, 0.3) is 0 Å². The van der Waals surface area contributed by atoms with Gasteiger partial charge in [0.2, 0.25) is 5.91 Å². The second-order valence-electron chi connectivity index (χ2n) is 7.49. The highest BCUT2D eigenvalue weighted by Crippen LogP contribution is 2.25. The number of hydrogen-bond acceptors (Lipinski definition) is 6. The molecule has 9 nitrogen and oxygen atoms in total. The van der Waals surface area contributed by atoms with Crippen LogP contribution in [0.1, 0.15) is 11.1 Å². The van der Waals surface area contributed by atoms with Crippen LogP contribution >= 0.6 is 0 Å². The van der Waals surface area contributed by atoms with Crippen molar-refractivity contribution in [2.45, 2.75) is 13.8 Å². The first-order chi connectivity index (χ1) is 14.8. The molecule has 164 valence electrons. The van der Waals surface area contributed by atoms with E-state index in [1.807, 2.05) is 36.9 Å². The summed E-state index contributed by atoms with van der Waals surface area (Å²) in [6.45, 7) is 5.97. The lowest BCUT2D eigenvalue weighted by molar-refractivity contribution is -0.385. The van der Waals surface area contributed by atoms with E-state index in [0.717, 1.165) is 16.8 Å². The predicted molar refractivity (Wildman–Crippen MR) is 116 cm³/mol. The number of amides is 2. The lowest BCUT2D eigenvalue weighted by Crippen LogP contribution is -2.51. The molecule has 31 heavy (non-hydrogen) atoms. The Balaban J connectivity index is 1.45. The molecule has 9 heteroatoms. The average molecular weight is 426 g/mol. The Morgan fingerprint density at radius 1 is 1.03 bits per heavy atom. The number of carbonyl (C=O) groups is 2. The Bertz CT molecular complexity index is 950. The van der Waals surface area contributed by atoms with Crippen LogP contribution in [0.15, 0.2) is 42.5 Å². The average Bonchev–Trinajstić information content (AvgIpc) is 2.75. The van der Waals surface area contributed by atoms with Gasteiger partial charge in [0, 0.05) is 37.9 Å². The largest absolute Gasteiger partial charge is 0.477 e. The first kappa shape index (κ1) is 22.2.